The van der Waals surface area contributed by atoms with Gasteiger partial charge in [0.1, 0.15) is 4.99 Å². The van der Waals surface area contributed by atoms with E-state index in [4.69, 9.17) is 18.0 Å². The first-order valence-electron chi connectivity index (χ1n) is 6.26. The van der Waals surface area contributed by atoms with Gasteiger partial charge in [-0.3, -0.25) is 0 Å². The average molecular weight is 300 g/mol. The number of benzene rings is 1. The molecule has 106 valence electrons. The van der Waals surface area contributed by atoms with Crippen molar-refractivity contribution in [1.82, 2.24) is 4.31 Å². The standard InChI is InChI=1S/C13H20N2O2S2/c1-4-10(3)15(5-2)19(16,17)12-9-7-6-8-11(12)13(14)18/h6-10H,4-5H2,1-3H3,(H2,14,18). The van der Waals surface area contributed by atoms with Gasteiger partial charge in [-0.2, -0.15) is 4.31 Å². The Bertz CT molecular complexity index is 556. The highest BCUT2D eigenvalue weighted by Gasteiger charge is 2.29. The maximum absolute atomic E-state index is 12.7. The highest BCUT2D eigenvalue weighted by atomic mass is 32.2. The molecule has 0 radical (unpaired) electrons. The van der Waals surface area contributed by atoms with Crippen LogP contribution in [0.2, 0.25) is 0 Å². The molecule has 1 atom stereocenters. The van der Waals surface area contributed by atoms with Crippen LogP contribution in [0.3, 0.4) is 0 Å². The lowest BCUT2D eigenvalue weighted by atomic mass is 10.2. The van der Waals surface area contributed by atoms with Crippen LogP contribution in [0.25, 0.3) is 0 Å². The average Bonchev–Trinajstić information content (AvgIpc) is 2.38. The Morgan fingerprint density at radius 3 is 2.42 bits per heavy atom. The molecule has 6 heteroatoms. The minimum atomic E-state index is -3.57. The third kappa shape index (κ3) is 3.32. The van der Waals surface area contributed by atoms with Gasteiger partial charge in [-0.25, -0.2) is 8.42 Å². The molecule has 0 aliphatic heterocycles. The Labute approximate surface area is 120 Å². The Balaban J connectivity index is 3.38. The molecule has 0 saturated carbocycles. The lowest BCUT2D eigenvalue weighted by Crippen LogP contribution is -2.38. The monoisotopic (exact) mass is 300 g/mol. The summed E-state index contributed by atoms with van der Waals surface area (Å²) in [4.78, 5) is 0.282. The predicted octanol–water partition coefficient (Wildman–Crippen LogP) is 2.13. The second-order valence-electron chi connectivity index (χ2n) is 4.33. The molecule has 0 heterocycles. The zero-order valence-electron chi connectivity index (χ0n) is 11.5. The highest BCUT2D eigenvalue weighted by Crippen LogP contribution is 2.22. The molecular formula is C13H20N2O2S2. The predicted molar refractivity (Wildman–Crippen MR) is 81.6 cm³/mol. The van der Waals surface area contributed by atoms with E-state index in [-0.39, 0.29) is 15.9 Å². The van der Waals surface area contributed by atoms with Crippen molar-refractivity contribution in [3.63, 3.8) is 0 Å². The summed E-state index contributed by atoms with van der Waals surface area (Å²) in [5.41, 5.74) is 6.01. The maximum Gasteiger partial charge on any atom is 0.244 e. The van der Waals surface area contributed by atoms with Crippen molar-refractivity contribution in [2.45, 2.75) is 38.1 Å². The first-order valence-corrected chi connectivity index (χ1v) is 8.11. The quantitative estimate of drug-likeness (QED) is 0.818. The summed E-state index contributed by atoms with van der Waals surface area (Å²) in [6, 6.07) is 6.54. The van der Waals surface area contributed by atoms with Gasteiger partial charge in [-0.05, 0) is 19.4 Å². The van der Waals surface area contributed by atoms with Crippen LogP contribution in [0.4, 0.5) is 0 Å². The van der Waals surface area contributed by atoms with Gasteiger partial charge in [0.05, 0.1) is 4.90 Å². The third-order valence-corrected chi connectivity index (χ3v) is 5.50. The van der Waals surface area contributed by atoms with Gasteiger partial charge in [-0.15, -0.1) is 0 Å². The third-order valence-electron chi connectivity index (χ3n) is 3.13. The molecule has 0 aliphatic carbocycles. The summed E-state index contributed by atoms with van der Waals surface area (Å²) in [7, 11) is -3.57. The van der Waals surface area contributed by atoms with Crippen LogP contribution in [-0.2, 0) is 10.0 Å². The van der Waals surface area contributed by atoms with E-state index in [1.165, 1.54) is 4.31 Å². The summed E-state index contributed by atoms with van der Waals surface area (Å²) in [5.74, 6) is 0. The minimum Gasteiger partial charge on any atom is -0.389 e. The summed E-state index contributed by atoms with van der Waals surface area (Å²) >= 11 is 4.93. The summed E-state index contributed by atoms with van der Waals surface area (Å²) in [5, 5.41) is 0. The van der Waals surface area contributed by atoms with Crippen LogP contribution >= 0.6 is 12.2 Å². The van der Waals surface area contributed by atoms with Crippen LogP contribution < -0.4 is 5.73 Å². The van der Waals surface area contributed by atoms with Gasteiger partial charge >= 0.3 is 0 Å². The van der Waals surface area contributed by atoms with Crippen molar-refractivity contribution < 1.29 is 8.42 Å². The molecule has 0 aliphatic rings. The number of thiocarbonyl (C=S) groups is 1. The zero-order chi connectivity index (χ0) is 14.6. The SMILES string of the molecule is CCC(C)N(CC)S(=O)(=O)c1ccccc1C(N)=S. The molecule has 0 aromatic heterocycles. The number of hydrogen-bond acceptors (Lipinski definition) is 3. The van der Waals surface area contributed by atoms with Gasteiger partial charge in [0, 0.05) is 18.2 Å². The summed E-state index contributed by atoms with van der Waals surface area (Å²) in [6.45, 7) is 6.10. The number of nitrogens with two attached hydrogens (primary N) is 1. The van der Waals surface area contributed by atoms with Crippen LogP contribution in [0.5, 0.6) is 0 Å². The van der Waals surface area contributed by atoms with E-state index in [9.17, 15) is 8.42 Å². The topological polar surface area (TPSA) is 63.4 Å². The van der Waals surface area contributed by atoms with Crippen molar-refractivity contribution >= 4 is 27.2 Å². The normalized spacial score (nSPS) is 13.5. The molecule has 19 heavy (non-hydrogen) atoms. The first kappa shape index (κ1) is 16.1. The maximum atomic E-state index is 12.7. The van der Waals surface area contributed by atoms with Gasteiger partial charge in [0.15, 0.2) is 0 Å². The van der Waals surface area contributed by atoms with E-state index >= 15 is 0 Å². The van der Waals surface area contributed by atoms with E-state index < -0.39 is 10.0 Å². The van der Waals surface area contributed by atoms with Gasteiger partial charge < -0.3 is 5.73 Å². The van der Waals surface area contributed by atoms with Crippen molar-refractivity contribution in [2.24, 2.45) is 5.73 Å². The van der Waals surface area contributed by atoms with Gasteiger partial charge in [0.2, 0.25) is 10.0 Å². The molecule has 1 aromatic carbocycles. The smallest absolute Gasteiger partial charge is 0.244 e. The van der Waals surface area contributed by atoms with E-state index in [1.54, 1.807) is 24.3 Å². The Morgan fingerprint density at radius 2 is 1.95 bits per heavy atom. The zero-order valence-corrected chi connectivity index (χ0v) is 13.1. The van der Waals surface area contributed by atoms with Gasteiger partial charge in [-0.1, -0.05) is 44.3 Å². The van der Waals surface area contributed by atoms with Crippen molar-refractivity contribution in [3.8, 4) is 0 Å². The van der Waals surface area contributed by atoms with E-state index in [0.717, 1.165) is 6.42 Å². The van der Waals surface area contributed by atoms with Crippen LogP contribution in [-0.4, -0.2) is 30.3 Å². The van der Waals surface area contributed by atoms with Crippen molar-refractivity contribution in [2.75, 3.05) is 6.54 Å². The molecule has 0 bridgehead atoms. The van der Waals surface area contributed by atoms with Crippen molar-refractivity contribution in [3.05, 3.63) is 29.8 Å². The molecule has 0 fully saturated rings. The molecule has 0 saturated heterocycles. The Kier molecular flexibility index (Phi) is 5.46. The van der Waals surface area contributed by atoms with Crippen LogP contribution in [0, 0.1) is 0 Å². The van der Waals surface area contributed by atoms with Gasteiger partial charge in [0.25, 0.3) is 0 Å². The molecular weight excluding hydrogens is 280 g/mol. The molecule has 1 unspecified atom stereocenters. The molecule has 1 rings (SSSR count). The number of hydrogen-bond donors (Lipinski definition) is 1. The largest absolute Gasteiger partial charge is 0.389 e. The number of sulfonamides is 1. The molecule has 4 nitrogen and oxygen atoms in total. The second-order valence-corrected chi connectivity index (χ2v) is 6.62. The van der Waals surface area contributed by atoms with Crippen LogP contribution in [0.15, 0.2) is 29.2 Å². The number of rotatable bonds is 6. The molecule has 0 spiro atoms. The molecule has 1 aromatic rings. The Morgan fingerprint density at radius 1 is 1.37 bits per heavy atom. The van der Waals surface area contributed by atoms with E-state index in [0.29, 0.717) is 12.1 Å². The summed E-state index contributed by atoms with van der Waals surface area (Å²) in [6.07, 6.45) is 0.752. The van der Waals surface area contributed by atoms with E-state index in [1.807, 2.05) is 20.8 Å². The lowest BCUT2D eigenvalue weighted by molar-refractivity contribution is 0.342. The van der Waals surface area contributed by atoms with Crippen LogP contribution in [0.1, 0.15) is 32.8 Å². The fourth-order valence-electron chi connectivity index (χ4n) is 1.94. The number of nitrogens with zero attached hydrogens (tertiary/aromatic N) is 1. The van der Waals surface area contributed by atoms with E-state index in [2.05, 4.69) is 0 Å². The summed E-state index contributed by atoms with van der Waals surface area (Å²) < 4.78 is 26.9. The fraction of sp³-hybridized carbons (Fsp3) is 0.462. The minimum absolute atomic E-state index is 0.0607. The first-order chi connectivity index (χ1) is 8.86. The molecule has 2 N–H and O–H groups in total. The lowest BCUT2D eigenvalue weighted by Gasteiger charge is -2.27. The fourth-order valence-corrected chi connectivity index (χ4v) is 4.11. The Hall–Kier alpha value is -0.980. The second kappa shape index (κ2) is 6.45. The van der Waals surface area contributed by atoms with Crippen molar-refractivity contribution in [1.29, 1.82) is 0 Å². The molecule has 0 amide bonds. The highest BCUT2D eigenvalue weighted by molar-refractivity contribution is 7.89.